The van der Waals surface area contributed by atoms with E-state index in [1.165, 1.54) is 0 Å². The summed E-state index contributed by atoms with van der Waals surface area (Å²) in [5.74, 6) is 1.74. The molecule has 3 rings (SSSR count). The van der Waals surface area contributed by atoms with Gasteiger partial charge in [0.25, 0.3) is 0 Å². The van der Waals surface area contributed by atoms with E-state index in [4.69, 9.17) is 11.6 Å². The van der Waals surface area contributed by atoms with E-state index in [9.17, 15) is 0 Å². The number of hydrogen-bond donors (Lipinski definition) is 2. The van der Waals surface area contributed by atoms with Crippen molar-refractivity contribution in [1.82, 2.24) is 25.4 Å². The summed E-state index contributed by atoms with van der Waals surface area (Å²) in [6, 6.07) is 4.59. The number of aliphatic imine (C=N–C) groups is 1. The van der Waals surface area contributed by atoms with Gasteiger partial charge in [-0.3, -0.25) is 9.89 Å². The fourth-order valence-corrected chi connectivity index (χ4v) is 3.95. The van der Waals surface area contributed by atoms with Crippen LogP contribution in [0.25, 0.3) is 0 Å². The molecule has 1 aromatic heterocycles. The van der Waals surface area contributed by atoms with E-state index in [2.05, 4.69) is 49.3 Å². The van der Waals surface area contributed by atoms with Crippen LogP contribution in [0.5, 0.6) is 0 Å². The summed E-state index contributed by atoms with van der Waals surface area (Å²) >= 11 is 6.28. The van der Waals surface area contributed by atoms with Crippen molar-refractivity contribution in [2.75, 3.05) is 64.8 Å². The lowest BCUT2D eigenvalue weighted by Gasteiger charge is -2.36. The van der Waals surface area contributed by atoms with Crippen molar-refractivity contribution >= 4 is 47.4 Å². The summed E-state index contributed by atoms with van der Waals surface area (Å²) in [5, 5.41) is 7.75. The van der Waals surface area contributed by atoms with Crippen LogP contribution in [0.4, 0.5) is 5.82 Å². The molecule has 2 N–H and O–H groups in total. The van der Waals surface area contributed by atoms with Gasteiger partial charge in [0.15, 0.2) is 5.96 Å². The standard InChI is InChI=1S/C19H32ClN7.HI/c1-15(26-11-9-25(3)10-12-26)13-23-19(21-2)24-16-6-8-27(14-16)18-17(20)5-4-7-22-18;/h4-5,7,15-16H,6,8-14H2,1-3H3,(H2,21,23,24);1H. The molecule has 158 valence electrons. The molecule has 2 atom stereocenters. The first kappa shape index (κ1) is 23.4. The topological polar surface area (TPSA) is 59.0 Å². The molecule has 0 saturated carbocycles. The van der Waals surface area contributed by atoms with Crippen LogP contribution in [-0.4, -0.2) is 92.7 Å². The maximum Gasteiger partial charge on any atom is 0.191 e. The summed E-state index contributed by atoms with van der Waals surface area (Å²) < 4.78 is 0. The molecule has 28 heavy (non-hydrogen) atoms. The maximum atomic E-state index is 6.28. The number of likely N-dealkylation sites (N-methyl/N-ethyl adjacent to an activating group) is 1. The van der Waals surface area contributed by atoms with Gasteiger partial charge in [-0.2, -0.15) is 0 Å². The number of nitrogens with zero attached hydrogens (tertiary/aromatic N) is 5. The molecule has 0 amide bonds. The number of pyridine rings is 1. The highest BCUT2D eigenvalue weighted by Crippen LogP contribution is 2.25. The van der Waals surface area contributed by atoms with Gasteiger partial charge in [0.1, 0.15) is 5.82 Å². The van der Waals surface area contributed by atoms with E-state index in [1.807, 2.05) is 19.2 Å². The first-order valence-corrected chi connectivity index (χ1v) is 10.2. The van der Waals surface area contributed by atoms with Crippen molar-refractivity contribution in [3.63, 3.8) is 0 Å². The smallest absolute Gasteiger partial charge is 0.191 e. The average Bonchev–Trinajstić information content (AvgIpc) is 3.14. The van der Waals surface area contributed by atoms with Crippen LogP contribution in [0, 0.1) is 0 Å². The van der Waals surface area contributed by atoms with E-state index in [0.717, 1.165) is 64.0 Å². The van der Waals surface area contributed by atoms with E-state index >= 15 is 0 Å². The van der Waals surface area contributed by atoms with Gasteiger partial charge in [-0.15, -0.1) is 24.0 Å². The first-order chi connectivity index (χ1) is 13.1. The molecule has 9 heteroatoms. The highest BCUT2D eigenvalue weighted by Gasteiger charge is 2.26. The minimum absolute atomic E-state index is 0. The maximum absolute atomic E-state index is 6.28. The Morgan fingerprint density at radius 3 is 2.75 bits per heavy atom. The summed E-state index contributed by atoms with van der Waals surface area (Å²) in [4.78, 5) is 16.0. The molecular weight excluding hydrogens is 489 g/mol. The summed E-state index contributed by atoms with van der Waals surface area (Å²) in [6.45, 7) is 9.56. The van der Waals surface area contributed by atoms with Gasteiger partial charge < -0.3 is 20.4 Å². The molecule has 7 nitrogen and oxygen atoms in total. The number of guanidine groups is 1. The number of piperazine rings is 1. The van der Waals surface area contributed by atoms with Crippen LogP contribution >= 0.6 is 35.6 Å². The van der Waals surface area contributed by atoms with Gasteiger partial charge in [0.05, 0.1) is 5.02 Å². The molecule has 2 unspecified atom stereocenters. The first-order valence-electron chi connectivity index (χ1n) is 9.82. The van der Waals surface area contributed by atoms with Crippen molar-refractivity contribution in [2.24, 2.45) is 4.99 Å². The highest BCUT2D eigenvalue weighted by atomic mass is 127. The quantitative estimate of drug-likeness (QED) is 0.350. The Morgan fingerprint density at radius 1 is 1.32 bits per heavy atom. The number of hydrogen-bond acceptors (Lipinski definition) is 5. The summed E-state index contributed by atoms with van der Waals surface area (Å²) in [6.07, 6.45) is 2.84. The Kier molecular flexibility index (Phi) is 9.52. The fraction of sp³-hybridized carbons (Fsp3) is 0.684. The van der Waals surface area contributed by atoms with Crippen LogP contribution in [0.15, 0.2) is 23.3 Å². The molecule has 2 saturated heterocycles. The van der Waals surface area contributed by atoms with Gasteiger partial charge in [-0.1, -0.05) is 11.6 Å². The molecule has 0 aliphatic carbocycles. The Bertz CT molecular complexity index is 636. The third-order valence-electron chi connectivity index (χ3n) is 5.52. The van der Waals surface area contributed by atoms with Crippen molar-refractivity contribution in [2.45, 2.75) is 25.4 Å². The average molecular weight is 522 g/mol. The molecule has 2 fully saturated rings. The van der Waals surface area contributed by atoms with Gasteiger partial charge in [-0.05, 0) is 32.5 Å². The number of rotatable bonds is 5. The lowest BCUT2D eigenvalue weighted by molar-refractivity contribution is 0.120. The van der Waals surface area contributed by atoms with Crippen molar-refractivity contribution < 1.29 is 0 Å². The molecule has 1 aromatic rings. The van der Waals surface area contributed by atoms with Crippen LogP contribution < -0.4 is 15.5 Å². The third-order valence-corrected chi connectivity index (χ3v) is 5.81. The molecule has 0 aromatic carbocycles. The molecule has 0 spiro atoms. The second-order valence-electron chi connectivity index (χ2n) is 7.53. The normalized spacial score (nSPS) is 22.6. The van der Waals surface area contributed by atoms with Gasteiger partial charge in [-0.25, -0.2) is 4.98 Å². The lowest BCUT2D eigenvalue weighted by Crippen LogP contribution is -2.53. The van der Waals surface area contributed by atoms with E-state index in [1.54, 1.807) is 6.20 Å². The number of anilines is 1. The molecule has 2 aliphatic rings. The van der Waals surface area contributed by atoms with Crippen LogP contribution in [0.1, 0.15) is 13.3 Å². The molecule has 2 aliphatic heterocycles. The monoisotopic (exact) mass is 521 g/mol. The Labute approximate surface area is 190 Å². The number of nitrogens with one attached hydrogen (secondary N) is 2. The van der Waals surface area contributed by atoms with Crippen molar-refractivity contribution in [3.05, 3.63) is 23.4 Å². The van der Waals surface area contributed by atoms with Crippen LogP contribution in [-0.2, 0) is 0 Å². The molecule has 3 heterocycles. The second-order valence-corrected chi connectivity index (χ2v) is 7.93. The second kappa shape index (κ2) is 11.4. The molecular formula is C19H33ClIN7. The fourth-order valence-electron chi connectivity index (χ4n) is 3.70. The number of halogens is 2. The van der Waals surface area contributed by atoms with E-state index < -0.39 is 0 Å². The largest absolute Gasteiger partial charge is 0.355 e. The Hall–Kier alpha value is -0.840. The van der Waals surface area contributed by atoms with Crippen molar-refractivity contribution in [3.8, 4) is 0 Å². The van der Waals surface area contributed by atoms with E-state index in [-0.39, 0.29) is 24.0 Å². The number of aromatic nitrogens is 1. The zero-order chi connectivity index (χ0) is 19.2. The highest BCUT2D eigenvalue weighted by molar-refractivity contribution is 14.0. The SMILES string of the molecule is CN=C(NCC(C)N1CCN(C)CC1)NC1CCN(c2ncccc2Cl)C1.I. The lowest BCUT2D eigenvalue weighted by atomic mass is 10.2. The third kappa shape index (κ3) is 6.33. The van der Waals surface area contributed by atoms with Crippen LogP contribution in [0.3, 0.4) is 0 Å². The predicted molar refractivity (Wildman–Crippen MR) is 128 cm³/mol. The molecule has 0 bridgehead atoms. The summed E-state index contributed by atoms with van der Waals surface area (Å²) in [7, 11) is 4.02. The summed E-state index contributed by atoms with van der Waals surface area (Å²) in [5.41, 5.74) is 0. The van der Waals surface area contributed by atoms with Gasteiger partial charge in [0, 0.05) is 71.1 Å². The Morgan fingerprint density at radius 2 is 2.07 bits per heavy atom. The van der Waals surface area contributed by atoms with Crippen LogP contribution in [0.2, 0.25) is 5.02 Å². The Balaban J connectivity index is 0.00000280. The molecule has 0 radical (unpaired) electrons. The zero-order valence-corrected chi connectivity index (χ0v) is 20.2. The van der Waals surface area contributed by atoms with E-state index in [0.29, 0.717) is 17.1 Å². The van der Waals surface area contributed by atoms with Crippen molar-refractivity contribution in [1.29, 1.82) is 0 Å². The predicted octanol–water partition coefficient (Wildman–Crippen LogP) is 1.73. The van der Waals surface area contributed by atoms with Gasteiger partial charge >= 0.3 is 0 Å². The zero-order valence-electron chi connectivity index (χ0n) is 17.1. The minimum Gasteiger partial charge on any atom is -0.355 e. The minimum atomic E-state index is 0. The van der Waals surface area contributed by atoms with Gasteiger partial charge in [0.2, 0.25) is 0 Å².